The quantitative estimate of drug-likeness (QED) is 0.845. The van der Waals surface area contributed by atoms with Crippen molar-refractivity contribution in [2.45, 2.75) is 24.3 Å². The summed E-state index contributed by atoms with van der Waals surface area (Å²) in [6.45, 7) is 1.72. The molecule has 2 atom stereocenters. The van der Waals surface area contributed by atoms with Crippen LogP contribution in [0.1, 0.15) is 12.0 Å². The van der Waals surface area contributed by atoms with Crippen LogP contribution in [-0.2, 0) is 14.8 Å². The molecule has 0 radical (unpaired) electrons. The second-order valence-electron chi connectivity index (χ2n) is 4.98. The number of hydrogen-bond acceptors (Lipinski definition) is 4. The average Bonchev–Trinajstić information content (AvgIpc) is 2.38. The fourth-order valence-electron chi connectivity index (χ4n) is 2.30. The van der Waals surface area contributed by atoms with Gasteiger partial charge < -0.3 is 10.2 Å². The fourth-order valence-corrected chi connectivity index (χ4v) is 3.88. The Morgan fingerprint density at radius 3 is 2.70 bits per heavy atom. The first-order valence-electron chi connectivity index (χ1n) is 6.30. The maximum atomic E-state index is 12.5. The highest BCUT2D eigenvalue weighted by Crippen LogP contribution is 2.24. The Labute approximate surface area is 117 Å². The Balaban J connectivity index is 2.29. The molecule has 0 bridgehead atoms. The minimum atomic E-state index is -3.72. The van der Waals surface area contributed by atoms with Crippen molar-refractivity contribution in [2.75, 3.05) is 13.1 Å². The molecule has 1 saturated heterocycles. The molecule has 6 nitrogen and oxygen atoms in total. The number of aliphatic carboxylic acids is 1. The van der Waals surface area contributed by atoms with Crippen LogP contribution in [0.5, 0.6) is 0 Å². The van der Waals surface area contributed by atoms with Gasteiger partial charge in [-0.05, 0) is 31.0 Å². The molecule has 0 saturated carbocycles. The minimum Gasteiger partial charge on any atom is -0.481 e. The second-order valence-corrected chi connectivity index (χ2v) is 6.92. The Hall–Kier alpha value is -1.44. The summed E-state index contributed by atoms with van der Waals surface area (Å²) in [5.41, 5.74) is 0.818. The zero-order valence-electron chi connectivity index (χ0n) is 11.1. The monoisotopic (exact) mass is 299 g/mol. The largest absolute Gasteiger partial charge is 0.481 e. The molecule has 0 amide bonds. The highest BCUT2D eigenvalue weighted by Gasteiger charge is 2.38. The number of piperidine rings is 1. The fraction of sp³-hybridized carbons (Fsp3) is 0.462. The Bertz CT molecular complexity index is 613. The van der Waals surface area contributed by atoms with Gasteiger partial charge in [0.25, 0.3) is 0 Å². The Morgan fingerprint density at radius 2 is 2.10 bits per heavy atom. The van der Waals surface area contributed by atoms with E-state index >= 15 is 0 Å². The van der Waals surface area contributed by atoms with Crippen molar-refractivity contribution in [2.24, 2.45) is 5.92 Å². The standard InChI is InChI=1S/C13H17NO5S/c1-9-3-2-4-10(7-9)20(18,19)14-6-5-12(15)11(8-14)13(16)17/h2-4,7,11-12,15H,5-6,8H2,1H3,(H,16,17)/t11-,12-/m0/s1. The highest BCUT2D eigenvalue weighted by atomic mass is 32.2. The van der Waals surface area contributed by atoms with Gasteiger partial charge in [-0.15, -0.1) is 0 Å². The molecule has 1 aliphatic rings. The van der Waals surface area contributed by atoms with Crippen LogP contribution >= 0.6 is 0 Å². The maximum absolute atomic E-state index is 12.5. The number of aliphatic hydroxyl groups is 1. The van der Waals surface area contributed by atoms with E-state index < -0.39 is 28.0 Å². The third-order valence-corrected chi connectivity index (χ3v) is 5.34. The van der Waals surface area contributed by atoms with Crippen LogP contribution < -0.4 is 0 Å². The number of nitrogens with zero attached hydrogens (tertiary/aromatic N) is 1. The second kappa shape index (κ2) is 5.51. The summed E-state index contributed by atoms with van der Waals surface area (Å²) >= 11 is 0. The number of benzene rings is 1. The normalized spacial score (nSPS) is 24.5. The molecule has 0 spiro atoms. The van der Waals surface area contributed by atoms with Crippen molar-refractivity contribution in [3.05, 3.63) is 29.8 Å². The summed E-state index contributed by atoms with van der Waals surface area (Å²) in [7, 11) is -3.72. The third-order valence-electron chi connectivity index (χ3n) is 3.48. The zero-order valence-corrected chi connectivity index (χ0v) is 11.9. The van der Waals surface area contributed by atoms with Gasteiger partial charge in [-0.1, -0.05) is 12.1 Å². The van der Waals surface area contributed by atoms with E-state index in [9.17, 15) is 18.3 Å². The molecule has 1 aromatic rings. The summed E-state index contributed by atoms with van der Waals surface area (Å²) in [6, 6.07) is 6.48. The van der Waals surface area contributed by atoms with Gasteiger partial charge in [0.2, 0.25) is 10.0 Å². The lowest BCUT2D eigenvalue weighted by atomic mass is 9.96. The molecular formula is C13H17NO5S. The van der Waals surface area contributed by atoms with Crippen LogP contribution in [0, 0.1) is 12.8 Å². The van der Waals surface area contributed by atoms with Crippen LogP contribution in [0.3, 0.4) is 0 Å². The molecule has 1 aromatic carbocycles. The molecule has 110 valence electrons. The summed E-state index contributed by atoms with van der Waals surface area (Å²) in [6.07, 6.45) is -0.876. The Morgan fingerprint density at radius 1 is 1.40 bits per heavy atom. The van der Waals surface area contributed by atoms with E-state index in [1.807, 2.05) is 0 Å². The summed E-state index contributed by atoms with van der Waals surface area (Å²) in [5, 5.41) is 18.7. The van der Waals surface area contributed by atoms with Gasteiger partial charge in [0.1, 0.15) is 0 Å². The number of carboxylic acids is 1. The van der Waals surface area contributed by atoms with E-state index in [0.717, 1.165) is 9.87 Å². The van der Waals surface area contributed by atoms with E-state index in [0.29, 0.717) is 0 Å². The topological polar surface area (TPSA) is 94.9 Å². The first-order chi connectivity index (χ1) is 9.32. The van der Waals surface area contributed by atoms with Crippen molar-refractivity contribution >= 4 is 16.0 Å². The lowest BCUT2D eigenvalue weighted by molar-refractivity contribution is -0.147. The van der Waals surface area contributed by atoms with E-state index in [-0.39, 0.29) is 24.4 Å². The van der Waals surface area contributed by atoms with Gasteiger partial charge >= 0.3 is 5.97 Å². The van der Waals surface area contributed by atoms with Crippen molar-refractivity contribution in [3.63, 3.8) is 0 Å². The summed E-state index contributed by atoms with van der Waals surface area (Å²) < 4.78 is 26.1. The van der Waals surface area contributed by atoms with Crippen LogP contribution in [-0.4, -0.2) is 48.1 Å². The first-order valence-corrected chi connectivity index (χ1v) is 7.74. The predicted molar refractivity (Wildman–Crippen MR) is 71.7 cm³/mol. The van der Waals surface area contributed by atoms with Crippen molar-refractivity contribution < 1.29 is 23.4 Å². The lowest BCUT2D eigenvalue weighted by Gasteiger charge is -2.33. The van der Waals surface area contributed by atoms with E-state index in [1.165, 1.54) is 6.07 Å². The molecule has 20 heavy (non-hydrogen) atoms. The highest BCUT2D eigenvalue weighted by molar-refractivity contribution is 7.89. The average molecular weight is 299 g/mol. The number of rotatable bonds is 3. The SMILES string of the molecule is Cc1cccc(S(=O)(=O)N2CC[C@H](O)[C@@H](C(=O)O)C2)c1. The number of carbonyl (C=O) groups is 1. The summed E-state index contributed by atoms with van der Waals surface area (Å²) in [4.78, 5) is 11.2. The number of carboxylic acid groups (broad SMARTS) is 1. The molecule has 0 unspecified atom stereocenters. The first kappa shape index (κ1) is 15.0. The zero-order chi connectivity index (χ0) is 14.9. The van der Waals surface area contributed by atoms with Crippen molar-refractivity contribution in [1.82, 2.24) is 4.31 Å². The van der Waals surface area contributed by atoms with Gasteiger partial charge in [0, 0.05) is 13.1 Å². The van der Waals surface area contributed by atoms with E-state index in [1.54, 1.807) is 25.1 Å². The summed E-state index contributed by atoms with van der Waals surface area (Å²) in [5.74, 6) is -2.26. The number of hydrogen-bond donors (Lipinski definition) is 2. The molecule has 1 fully saturated rings. The minimum absolute atomic E-state index is 0.126. The van der Waals surface area contributed by atoms with Crippen molar-refractivity contribution in [1.29, 1.82) is 0 Å². The maximum Gasteiger partial charge on any atom is 0.310 e. The van der Waals surface area contributed by atoms with Crippen LogP contribution in [0.25, 0.3) is 0 Å². The lowest BCUT2D eigenvalue weighted by Crippen LogP contribution is -2.48. The molecular weight excluding hydrogens is 282 g/mol. The van der Waals surface area contributed by atoms with Crippen LogP contribution in [0.4, 0.5) is 0 Å². The third kappa shape index (κ3) is 2.84. The van der Waals surface area contributed by atoms with Gasteiger partial charge in [-0.25, -0.2) is 8.42 Å². The van der Waals surface area contributed by atoms with Crippen LogP contribution in [0.2, 0.25) is 0 Å². The van der Waals surface area contributed by atoms with Gasteiger partial charge in [-0.3, -0.25) is 4.79 Å². The van der Waals surface area contributed by atoms with E-state index in [2.05, 4.69) is 0 Å². The molecule has 0 aromatic heterocycles. The number of aryl methyl sites for hydroxylation is 1. The smallest absolute Gasteiger partial charge is 0.310 e. The molecule has 2 rings (SSSR count). The van der Waals surface area contributed by atoms with Gasteiger partial charge in [0.15, 0.2) is 0 Å². The molecule has 1 heterocycles. The van der Waals surface area contributed by atoms with Crippen LogP contribution in [0.15, 0.2) is 29.2 Å². The van der Waals surface area contributed by atoms with Gasteiger partial charge in [-0.2, -0.15) is 4.31 Å². The number of aliphatic hydroxyl groups excluding tert-OH is 1. The molecule has 7 heteroatoms. The molecule has 2 N–H and O–H groups in total. The molecule has 1 aliphatic heterocycles. The number of sulfonamides is 1. The van der Waals surface area contributed by atoms with Crippen molar-refractivity contribution in [3.8, 4) is 0 Å². The van der Waals surface area contributed by atoms with Gasteiger partial charge in [0.05, 0.1) is 16.9 Å². The Kier molecular flexibility index (Phi) is 4.12. The predicted octanol–water partition coefficient (Wildman–Crippen LogP) is 0.451. The molecule has 0 aliphatic carbocycles. The van der Waals surface area contributed by atoms with E-state index in [4.69, 9.17) is 5.11 Å².